The molecule has 1 aromatic rings. The van der Waals surface area contributed by atoms with Crippen LogP contribution in [-0.2, 0) is 6.18 Å². The van der Waals surface area contributed by atoms with Gasteiger partial charge in [-0.25, -0.2) is 4.98 Å². The van der Waals surface area contributed by atoms with Crippen molar-refractivity contribution in [1.29, 1.82) is 0 Å². The Morgan fingerprint density at radius 3 is 2.65 bits per heavy atom. The lowest BCUT2D eigenvalue weighted by Crippen LogP contribution is -2.10. The highest BCUT2D eigenvalue weighted by Crippen LogP contribution is 2.28. The number of pyridine rings is 1. The van der Waals surface area contributed by atoms with Crippen LogP contribution in [0, 0.1) is 0 Å². The van der Waals surface area contributed by atoms with E-state index < -0.39 is 11.9 Å². The Bertz CT molecular complexity index is 427. The van der Waals surface area contributed by atoms with Gasteiger partial charge in [0.1, 0.15) is 5.69 Å². The SMILES string of the molecule is CC1CN=C(Nc2ccc(C(F)(F)F)nc2)S1. The number of aliphatic imine (C=N–C) groups is 1. The molecule has 0 saturated carbocycles. The zero-order valence-electron chi connectivity index (χ0n) is 8.95. The first kappa shape index (κ1) is 12.2. The Kier molecular flexibility index (Phi) is 3.28. The minimum Gasteiger partial charge on any atom is -0.334 e. The second kappa shape index (κ2) is 4.56. The van der Waals surface area contributed by atoms with Gasteiger partial charge in [-0.15, -0.1) is 0 Å². The lowest BCUT2D eigenvalue weighted by molar-refractivity contribution is -0.141. The summed E-state index contributed by atoms with van der Waals surface area (Å²) in [6.07, 6.45) is -3.23. The molecule has 0 spiro atoms. The second-order valence-corrected chi connectivity index (χ2v) is 5.06. The third-order valence-electron chi connectivity index (χ3n) is 2.11. The van der Waals surface area contributed by atoms with Crippen LogP contribution in [0.5, 0.6) is 0 Å². The number of thioether (sulfide) groups is 1. The van der Waals surface area contributed by atoms with Crippen LogP contribution in [0.4, 0.5) is 18.9 Å². The minimum atomic E-state index is -4.40. The average Bonchev–Trinajstić information content (AvgIpc) is 2.63. The first-order chi connectivity index (χ1) is 7.95. The van der Waals surface area contributed by atoms with Crippen molar-refractivity contribution in [1.82, 2.24) is 4.98 Å². The summed E-state index contributed by atoms with van der Waals surface area (Å²) < 4.78 is 36.8. The van der Waals surface area contributed by atoms with E-state index in [1.807, 2.05) is 6.92 Å². The standard InChI is InChI=1S/C10H10F3N3S/c1-6-4-15-9(17-6)16-7-2-3-8(14-5-7)10(11,12)13/h2-3,5-6H,4H2,1H3,(H,15,16). The number of anilines is 1. The molecule has 1 aliphatic rings. The number of alkyl halides is 3. The van der Waals surface area contributed by atoms with E-state index in [-0.39, 0.29) is 0 Å². The van der Waals surface area contributed by atoms with Gasteiger partial charge in [0.2, 0.25) is 0 Å². The van der Waals surface area contributed by atoms with Crippen molar-refractivity contribution >= 4 is 22.6 Å². The first-order valence-electron chi connectivity index (χ1n) is 4.96. The van der Waals surface area contributed by atoms with Crippen LogP contribution in [0.3, 0.4) is 0 Å². The van der Waals surface area contributed by atoms with E-state index in [2.05, 4.69) is 15.3 Å². The first-order valence-corrected chi connectivity index (χ1v) is 5.84. The Hall–Kier alpha value is -1.24. The number of rotatable bonds is 1. The number of hydrogen-bond acceptors (Lipinski definition) is 4. The van der Waals surface area contributed by atoms with E-state index in [1.54, 1.807) is 11.8 Å². The third-order valence-corrected chi connectivity index (χ3v) is 3.12. The molecule has 7 heteroatoms. The van der Waals surface area contributed by atoms with Gasteiger partial charge < -0.3 is 5.32 Å². The average molecular weight is 261 g/mol. The summed E-state index contributed by atoms with van der Waals surface area (Å²) >= 11 is 1.56. The van der Waals surface area contributed by atoms with Crippen molar-refractivity contribution in [2.75, 3.05) is 11.9 Å². The molecule has 3 nitrogen and oxygen atoms in total. The highest BCUT2D eigenvalue weighted by Gasteiger charge is 2.32. The number of nitrogens with one attached hydrogen (secondary N) is 1. The Labute approximate surface area is 101 Å². The fraction of sp³-hybridized carbons (Fsp3) is 0.400. The summed E-state index contributed by atoms with van der Waals surface area (Å²) in [5.41, 5.74) is -0.379. The van der Waals surface area contributed by atoms with Gasteiger partial charge in [0.15, 0.2) is 5.17 Å². The molecule has 1 aliphatic heterocycles. The molecule has 0 amide bonds. The van der Waals surface area contributed by atoms with Crippen molar-refractivity contribution in [2.45, 2.75) is 18.3 Å². The molecule has 1 aromatic heterocycles. The molecule has 17 heavy (non-hydrogen) atoms. The lowest BCUT2D eigenvalue weighted by Gasteiger charge is -2.08. The minimum absolute atomic E-state index is 0.403. The summed E-state index contributed by atoms with van der Waals surface area (Å²) in [6, 6.07) is 2.30. The van der Waals surface area contributed by atoms with Gasteiger partial charge >= 0.3 is 6.18 Å². The van der Waals surface area contributed by atoms with Gasteiger partial charge in [0.05, 0.1) is 18.4 Å². The number of aromatic nitrogens is 1. The summed E-state index contributed by atoms with van der Waals surface area (Å²) in [4.78, 5) is 7.56. The summed E-state index contributed by atoms with van der Waals surface area (Å²) in [5.74, 6) is 0. The number of hydrogen-bond donors (Lipinski definition) is 1. The van der Waals surface area contributed by atoms with Crippen molar-refractivity contribution in [3.8, 4) is 0 Å². The normalized spacial score (nSPS) is 20.2. The Morgan fingerprint density at radius 2 is 2.18 bits per heavy atom. The molecule has 0 aromatic carbocycles. The van der Waals surface area contributed by atoms with E-state index in [0.717, 1.165) is 24.0 Å². The molecule has 2 heterocycles. The van der Waals surface area contributed by atoms with E-state index >= 15 is 0 Å². The van der Waals surface area contributed by atoms with Crippen LogP contribution in [-0.4, -0.2) is 21.9 Å². The smallest absolute Gasteiger partial charge is 0.334 e. The van der Waals surface area contributed by atoms with E-state index in [4.69, 9.17) is 0 Å². The number of halogens is 3. The predicted molar refractivity (Wildman–Crippen MR) is 62.2 cm³/mol. The van der Waals surface area contributed by atoms with Gasteiger partial charge in [0.25, 0.3) is 0 Å². The van der Waals surface area contributed by atoms with Crippen molar-refractivity contribution < 1.29 is 13.2 Å². The van der Waals surface area contributed by atoms with Gasteiger partial charge in [-0.1, -0.05) is 18.7 Å². The lowest BCUT2D eigenvalue weighted by atomic mass is 10.3. The molecule has 2 rings (SSSR count). The Morgan fingerprint density at radius 1 is 1.41 bits per heavy atom. The summed E-state index contributed by atoms with van der Waals surface area (Å²) in [5, 5.41) is 4.06. The summed E-state index contributed by atoms with van der Waals surface area (Å²) in [6.45, 7) is 2.76. The summed E-state index contributed by atoms with van der Waals surface area (Å²) in [7, 11) is 0. The van der Waals surface area contributed by atoms with Crippen molar-refractivity contribution in [3.05, 3.63) is 24.0 Å². The highest BCUT2D eigenvalue weighted by atomic mass is 32.2. The van der Waals surface area contributed by atoms with Gasteiger partial charge in [0, 0.05) is 5.25 Å². The highest BCUT2D eigenvalue weighted by molar-refractivity contribution is 8.15. The maximum Gasteiger partial charge on any atom is 0.433 e. The largest absolute Gasteiger partial charge is 0.433 e. The molecule has 0 bridgehead atoms. The van der Waals surface area contributed by atoms with Gasteiger partial charge in [-0.05, 0) is 12.1 Å². The monoisotopic (exact) mass is 261 g/mol. The molecular formula is C10H10F3N3S. The molecule has 0 aliphatic carbocycles. The van der Waals surface area contributed by atoms with Crippen LogP contribution in [0.1, 0.15) is 12.6 Å². The van der Waals surface area contributed by atoms with Crippen LogP contribution in [0.25, 0.3) is 0 Å². The quantitative estimate of drug-likeness (QED) is 0.844. The van der Waals surface area contributed by atoms with Crippen molar-refractivity contribution in [3.63, 3.8) is 0 Å². The molecule has 0 radical (unpaired) electrons. The van der Waals surface area contributed by atoms with Gasteiger partial charge in [-0.3, -0.25) is 4.99 Å². The van der Waals surface area contributed by atoms with Crippen LogP contribution in [0.2, 0.25) is 0 Å². The fourth-order valence-corrected chi connectivity index (χ4v) is 2.16. The molecular weight excluding hydrogens is 251 g/mol. The Balaban J connectivity index is 2.04. The molecule has 1 unspecified atom stereocenters. The van der Waals surface area contributed by atoms with Crippen LogP contribution in [0.15, 0.2) is 23.3 Å². The third kappa shape index (κ3) is 3.12. The molecule has 1 N–H and O–H groups in total. The second-order valence-electron chi connectivity index (χ2n) is 3.63. The van der Waals surface area contributed by atoms with Gasteiger partial charge in [-0.2, -0.15) is 13.2 Å². The molecule has 92 valence electrons. The number of nitrogens with zero attached hydrogens (tertiary/aromatic N) is 2. The topological polar surface area (TPSA) is 37.3 Å². The van der Waals surface area contributed by atoms with E-state index in [0.29, 0.717) is 10.9 Å². The van der Waals surface area contributed by atoms with Crippen LogP contribution < -0.4 is 5.32 Å². The van der Waals surface area contributed by atoms with Crippen LogP contribution >= 0.6 is 11.8 Å². The predicted octanol–water partition coefficient (Wildman–Crippen LogP) is 3.00. The maximum atomic E-state index is 12.3. The fourth-order valence-electron chi connectivity index (χ4n) is 1.30. The molecule has 1 atom stereocenters. The van der Waals surface area contributed by atoms with E-state index in [9.17, 15) is 13.2 Å². The zero-order valence-corrected chi connectivity index (χ0v) is 9.77. The maximum absolute atomic E-state index is 12.3. The number of amidine groups is 1. The van der Waals surface area contributed by atoms with Crippen molar-refractivity contribution in [2.24, 2.45) is 4.99 Å². The van der Waals surface area contributed by atoms with E-state index in [1.165, 1.54) is 6.07 Å². The molecule has 0 saturated heterocycles. The zero-order chi connectivity index (χ0) is 12.5. The molecule has 0 fully saturated rings.